The van der Waals surface area contributed by atoms with Crippen molar-refractivity contribution in [2.75, 3.05) is 13.7 Å². The number of aromatic hydroxyl groups is 1. The van der Waals surface area contributed by atoms with E-state index in [0.717, 1.165) is 0 Å². The van der Waals surface area contributed by atoms with Crippen LogP contribution in [0.2, 0.25) is 0 Å². The highest BCUT2D eigenvalue weighted by Gasteiger charge is 2.12. The summed E-state index contributed by atoms with van der Waals surface area (Å²) in [6.45, 7) is 0.449. The number of hydrogen-bond donors (Lipinski definition) is 2. The van der Waals surface area contributed by atoms with Gasteiger partial charge in [-0.3, -0.25) is 0 Å². The lowest BCUT2D eigenvalue weighted by molar-refractivity contribution is 0.415. The van der Waals surface area contributed by atoms with Crippen molar-refractivity contribution in [3.05, 3.63) is 24.0 Å². The van der Waals surface area contributed by atoms with Gasteiger partial charge >= 0.3 is 0 Å². The molecule has 0 unspecified atom stereocenters. The smallest absolute Gasteiger partial charge is 0.165 e. The van der Waals surface area contributed by atoms with Gasteiger partial charge in [0.15, 0.2) is 5.75 Å². The van der Waals surface area contributed by atoms with E-state index in [-0.39, 0.29) is 5.75 Å². The molecule has 0 amide bonds. The molecule has 2 rings (SSSR count). The average molecular weight is 207 g/mol. The van der Waals surface area contributed by atoms with Crippen LogP contribution in [0.15, 0.2) is 22.6 Å². The Kier molecular flexibility index (Phi) is 2.51. The molecule has 15 heavy (non-hydrogen) atoms. The predicted molar refractivity (Wildman–Crippen MR) is 57.2 cm³/mol. The second kappa shape index (κ2) is 3.82. The quantitative estimate of drug-likeness (QED) is 0.802. The Morgan fingerprint density at radius 1 is 1.47 bits per heavy atom. The monoisotopic (exact) mass is 207 g/mol. The number of rotatable bonds is 3. The van der Waals surface area contributed by atoms with Crippen LogP contribution in [0, 0.1) is 0 Å². The van der Waals surface area contributed by atoms with Crippen molar-refractivity contribution in [2.45, 2.75) is 6.42 Å². The van der Waals surface area contributed by atoms with Crippen LogP contribution in [0.4, 0.5) is 0 Å². The van der Waals surface area contributed by atoms with Gasteiger partial charge in [-0.25, -0.2) is 0 Å². The first-order valence-electron chi connectivity index (χ1n) is 4.74. The molecule has 2 aromatic rings. The maximum absolute atomic E-state index is 9.84. The molecule has 0 bridgehead atoms. The van der Waals surface area contributed by atoms with Gasteiger partial charge in [0.05, 0.1) is 12.5 Å². The molecule has 0 aliphatic carbocycles. The van der Waals surface area contributed by atoms with E-state index in [2.05, 4.69) is 0 Å². The maximum atomic E-state index is 9.84. The second-order valence-electron chi connectivity index (χ2n) is 3.27. The molecular weight excluding hydrogens is 194 g/mol. The fraction of sp³-hybridized carbons (Fsp3) is 0.273. The van der Waals surface area contributed by atoms with E-state index in [1.54, 1.807) is 25.3 Å². The SMILES string of the molecule is COc1ccc2oc(CCN)c(O)c2c1. The number of benzene rings is 1. The molecule has 4 heteroatoms. The molecule has 0 radical (unpaired) electrons. The highest BCUT2D eigenvalue weighted by atomic mass is 16.5. The van der Waals surface area contributed by atoms with E-state index in [4.69, 9.17) is 14.9 Å². The van der Waals surface area contributed by atoms with E-state index in [9.17, 15) is 5.11 Å². The van der Waals surface area contributed by atoms with Crippen LogP contribution in [-0.2, 0) is 6.42 Å². The van der Waals surface area contributed by atoms with Gasteiger partial charge in [-0.15, -0.1) is 0 Å². The van der Waals surface area contributed by atoms with Crippen LogP contribution >= 0.6 is 0 Å². The van der Waals surface area contributed by atoms with E-state index in [1.165, 1.54) is 0 Å². The van der Waals surface area contributed by atoms with Crippen LogP contribution in [0.3, 0.4) is 0 Å². The molecule has 1 aromatic carbocycles. The molecule has 4 nitrogen and oxygen atoms in total. The number of fused-ring (bicyclic) bond motifs is 1. The van der Waals surface area contributed by atoms with Crippen molar-refractivity contribution in [3.63, 3.8) is 0 Å². The number of methoxy groups -OCH3 is 1. The third-order valence-electron chi connectivity index (χ3n) is 2.31. The van der Waals surface area contributed by atoms with Crippen molar-refractivity contribution >= 4 is 11.0 Å². The van der Waals surface area contributed by atoms with Crippen molar-refractivity contribution in [2.24, 2.45) is 5.73 Å². The summed E-state index contributed by atoms with van der Waals surface area (Å²) in [6.07, 6.45) is 0.531. The summed E-state index contributed by atoms with van der Waals surface area (Å²) in [5, 5.41) is 10.5. The minimum Gasteiger partial charge on any atom is -0.504 e. The minimum atomic E-state index is 0.161. The summed E-state index contributed by atoms with van der Waals surface area (Å²) in [4.78, 5) is 0. The third kappa shape index (κ3) is 1.64. The van der Waals surface area contributed by atoms with Gasteiger partial charge in [0.25, 0.3) is 0 Å². The standard InChI is InChI=1S/C11H13NO3/c1-14-7-2-3-9-8(6-7)11(13)10(15-9)4-5-12/h2-3,6,13H,4-5,12H2,1H3. The van der Waals surface area contributed by atoms with Crippen molar-refractivity contribution in [1.29, 1.82) is 0 Å². The van der Waals surface area contributed by atoms with Gasteiger partial charge in [-0.05, 0) is 24.7 Å². The summed E-state index contributed by atoms with van der Waals surface area (Å²) < 4.78 is 10.5. The van der Waals surface area contributed by atoms with Gasteiger partial charge in [-0.1, -0.05) is 0 Å². The van der Waals surface area contributed by atoms with Crippen molar-refractivity contribution in [1.82, 2.24) is 0 Å². The highest BCUT2D eigenvalue weighted by Crippen LogP contribution is 2.34. The Balaban J connectivity index is 2.56. The Bertz CT molecular complexity index is 476. The summed E-state index contributed by atoms with van der Waals surface area (Å²) >= 11 is 0. The molecule has 1 heterocycles. The topological polar surface area (TPSA) is 68.6 Å². The van der Waals surface area contributed by atoms with Gasteiger partial charge in [0.1, 0.15) is 17.1 Å². The average Bonchev–Trinajstić information content (AvgIpc) is 2.56. The number of furan rings is 1. The van der Waals surface area contributed by atoms with E-state index in [1.807, 2.05) is 0 Å². The lowest BCUT2D eigenvalue weighted by atomic mass is 10.2. The highest BCUT2D eigenvalue weighted by molar-refractivity contribution is 5.86. The first-order chi connectivity index (χ1) is 7.26. The zero-order valence-corrected chi connectivity index (χ0v) is 8.49. The Hall–Kier alpha value is -1.68. The largest absolute Gasteiger partial charge is 0.504 e. The molecule has 3 N–H and O–H groups in total. The lowest BCUT2D eigenvalue weighted by Crippen LogP contribution is -2.01. The summed E-state index contributed by atoms with van der Waals surface area (Å²) in [5.41, 5.74) is 6.06. The fourth-order valence-corrected chi connectivity index (χ4v) is 1.54. The molecule has 0 aliphatic heterocycles. The van der Waals surface area contributed by atoms with E-state index < -0.39 is 0 Å². The van der Waals surface area contributed by atoms with Crippen LogP contribution in [0.25, 0.3) is 11.0 Å². The third-order valence-corrected chi connectivity index (χ3v) is 2.31. The van der Waals surface area contributed by atoms with Crippen molar-refractivity contribution in [3.8, 4) is 11.5 Å². The van der Waals surface area contributed by atoms with Crippen LogP contribution in [0.5, 0.6) is 11.5 Å². The van der Waals surface area contributed by atoms with E-state index >= 15 is 0 Å². The Morgan fingerprint density at radius 2 is 2.27 bits per heavy atom. The van der Waals surface area contributed by atoms with Crippen LogP contribution in [0.1, 0.15) is 5.76 Å². The number of ether oxygens (including phenoxy) is 1. The zero-order valence-electron chi connectivity index (χ0n) is 8.49. The number of nitrogens with two attached hydrogens (primary N) is 1. The van der Waals surface area contributed by atoms with Crippen LogP contribution < -0.4 is 10.5 Å². The summed E-state index contributed by atoms with van der Waals surface area (Å²) in [5.74, 6) is 1.38. The maximum Gasteiger partial charge on any atom is 0.165 e. The zero-order chi connectivity index (χ0) is 10.8. The van der Waals surface area contributed by atoms with Crippen LogP contribution in [-0.4, -0.2) is 18.8 Å². The molecule has 80 valence electrons. The van der Waals surface area contributed by atoms with Gasteiger partial charge < -0.3 is 20.0 Å². The summed E-state index contributed by atoms with van der Waals surface area (Å²) in [7, 11) is 1.58. The van der Waals surface area contributed by atoms with Gasteiger partial charge in [0.2, 0.25) is 0 Å². The molecule has 0 fully saturated rings. The van der Waals surface area contributed by atoms with Crippen molar-refractivity contribution < 1.29 is 14.3 Å². The fourth-order valence-electron chi connectivity index (χ4n) is 1.54. The van der Waals surface area contributed by atoms with E-state index in [0.29, 0.717) is 35.4 Å². The number of hydrogen-bond acceptors (Lipinski definition) is 4. The normalized spacial score (nSPS) is 10.8. The molecule has 1 aromatic heterocycles. The first-order valence-corrected chi connectivity index (χ1v) is 4.74. The Morgan fingerprint density at radius 3 is 2.93 bits per heavy atom. The molecule has 0 saturated heterocycles. The second-order valence-corrected chi connectivity index (χ2v) is 3.27. The Labute approximate surface area is 87.2 Å². The molecule has 0 spiro atoms. The predicted octanol–water partition coefficient (Wildman–Crippen LogP) is 1.65. The molecule has 0 saturated carbocycles. The minimum absolute atomic E-state index is 0.161. The molecule has 0 aliphatic rings. The lowest BCUT2D eigenvalue weighted by Gasteiger charge is -1.97. The first kappa shape index (κ1) is 9.86. The summed E-state index contributed by atoms with van der Waals surface area (Å²) in [6, 6.07) is 5.31. The molecular formula is C11H13NO3. The van der Waals surface area contributed by atoms with Gasteiger partial charge in [-0.2, -0.15) is 0 Å². The van der Waals surface area contributed by atoms with Gasteiger partial charge in [0, 0.05) is 6.42 Å². The molecule has 0 atom stereocenters.